The molecule has 13 heavy (non-hydrogen) atoms. The normalized spacial score (nSPS) is 12.2. The third-order valence-corrected chi connectivity index (χ3v) is 1.98. The lowest BCUT2D eigenvalue weighted by Gasteiger charge is -2.04. The first-order valence-electron chi connectivity index (χ1n) is 4.89. The van der Waals surface area contributed by atoms with Gasteiger partial charge in [-0.3, -0.25) is 4.79 Å². The predicted octanol–water partition coefficient (Wildman–Crippen LogP) is 3.23. The highest BCUT2D eigenvalue weighted by molar-refractivity contribution is 5.68. The van der Waals surface area contributed by atoms with Crippen molar-refractivity contribution in [1.82, 2.24) is 0 Å². The molecule has 1 N–H and O–H groups in total. The van der Waals surface area contributed by atoms with Gasteiger partial charge in [0.1, 0.15) is 0 Å². The molecule has 0 unspecified atom stereocenters. The van der Waals surface area contributed by atoms with Gasteiger partial charge in [-0.2, -0.15) is 0 Å². The van der Waals surface area contributed by atoms with Gasteiger partial charge in [-0.25, -0.2) is 0 Å². The number of carboxylic acid groups (broad SMARTS) is 1. The Kier molecular flexibility index (Phi) is 6.29. The number of allylic oxidation sites excluding steroid dienone is 1. The van der Waals surface area contributed by atoms with E-state index in [1.54, 1.807) is 0 Å². The Hall–Kier alpha value is -0.790. The van der Waals surface area contributed by atoms with Crippen molar-refractivity contribution in [3.8, 4) is 0 Å². The molecule has 0 aromatic heterocycles. The Morgan fingerprint density at radius 2 is 2.08 bits per heavy atom. The van der Waals surface area contributed by atoms with Crippen LogP contribution in [0.25, 0.3) is 0 Å². The summed E-state index contributed by atoms with van der Waals surface area (Å²) in [5.74, 6) is -0.00418. The largest absolute Gasteiger partial charge is 0.481 e. The van der Waals surface area contributed by atoms with Crippen LogP contribution in [0.1, 0.15) is 46.5 Å². The molecule has 2 heteroatoms. The Bertz CT molecular complexity index is 181. The van der Waals surface area contributed by atoms with Crippen LogP contribution in [-0.4, -0.2) is 11.1 Å². The Balaban J connectivity index is 3.55. The standard InChI is InChI=1S/C11H20O2/c1-9(2)5-4-6-10(3)7-8-11(12)13/h7,9H,4-6,8H2,1-3H3,(H,12,13)/b10-7+. The van der Waals surface area contributed by atoms with Crippen molar-refractivity contribution in [3.63, 3.8) is 0 Å². The van der Waals surface area contributed by atoms with Gasteiger partial charge in [0, 0.05) is 0 Å². The molecule has 76 valence electrons. The first kappa shape index (κ1) is 12.2. The van der Waals surface area contributed by atoms with Crippen molar-refractivity contribution in [3.05, 3.63) is 11.6 Å². The minimum Gasteiger partial charge on any atom is -0.481 e. The summed E-state index contributed by atoms with van der Waals surface area (Å²) < 4.78 is 0. The van der Waals surface area contributed by atoms with Gasteiger partial charge in [-0.05, 0) is 25.7 Å². The SMILES string of the molecule is C/C(=C\CC(=O)O)CCCC(C)C. The highest BCUT2D eigenvalue weighted by atomic mass is 16.4. The highest BCUT2D eigenvalue weighted by Gasteiger charge is 1.96. The van der Waals surface area contributed by atoms with E-state index < -0.39 is 5.97 Å². The smallest absolute Gasteiger partial charge is 0.307 e. The van der Waals surface area contributed by atoms with Crippen LogP contribution in [0.2, 0.25) is 0 Å². The molecule has 0 atom stereocenters. The number of hydrogen-bond acceptors (Lipinski definition) is 1. The van der Waals surface area contributed by atoms with Gasteiger partial charge in [0.25, 0.3) is 0 Å². The van der Waals surface area contributed by atoms with Gasteiger partial charge >= 0.3 is 5.97 Å². The molecule has 0 aliphatic rings. The van der Waals surface area contributed by atoms with E-state index in [0.29, 0.717) is 0 Å². The van der Waals surface area contributed by atoms with Crippen LogP contribution in [0.3, 0.4) is 0 Å². The van der Waals surface area contributed by atoms with Gasteiger partial charge in [-0.15, -0.1) is 0 Å². The lowest BCUT2D eigenvalue weighted by Crippen LogP contribution is -1.92. The Labute approximate surface area is 80.7 Å². The van der Waals surface area contributed by atoms with Crippen molar-refractivity contribution in [2.45, 2.75) is 46.5 Å². The fraction of sp³-hybridized carbons (Fsp3) is 0.727. The number of hydrogen-bond donors (Lipinski definition) is 1. The second-order valence-electron chi connectivity index (χ2n) is 3.93. The predicted molar refractivity (Wildman–Crippen MR) is 54.7 cm³/mol. The van der Waals surface area contributed by atoms with E-state index >= 15 is 0 Å². The summed E-state index contributed by atoms with van der Waals surface area (Å²) in [6.45, 7) is 6.41. The summed E-state index contributed by atoms with van der Waals surface area (Å²) in [5, 5.41) is 8.43. The topological polar surface area (TPSA) is 37.3 Å². The molecule has 0 spiro atoms. The number of carboxylic acids is 1. The van der Waals surface area contributed by atoms with E-state index in [1.165, 1.54) is 18.4 Å². The maximum absolute atomic E-state index is 10.2. The maximum Gasteiger partial charge on any atom is 0.307 e. The number of rotatable bonds is 6. The first-order valence-corrected chi connectivity index (χ1v) is 4.89. The zero-order valence-corrected chi connectivity index (χ0v) is 8.84. The zero-order valence-electron chi connectivity index (χ0n) is 8.84. The minimum atomic E-state index is -0.747. The van der Waals surface area contributed by atoms with Gasteiger partial charge < -0.3 is 5.11 Å². The summed E-state index contributed by atoms with van der Waals surface area (Å²) >= 11 is 0. The fourth-order valence-electron chi connectivity index (χ4n) is 1.15. The van der Waals surface area contributed by atoms with E-state index in [-0.39, 0.29) is 6.42 Å². The Morgan fingerprint density at radius 1 is 1.46 bits per heavy atom. The first-order chi connectivity index (χ1) is 6.02. The van der Waals surface area contributed by atoms with Crippen molar-refractivity contribution in [2.75, 3.05) is 0 Å². The summed E-state index contributed by atoms with van der Waals surface area (Å²) in [4.78, 5) is 10.2. The second kappa shape index (κ2) is 6.70. The monoisotopic (exact) mass is 184 g/mol. The van der Waals surface area contributed by atoms with Crippen LogP contribution in [-0.2, 0) is 4.79 Å². The minimum absolute atomic E-state index is 0.160. The summed E-state index contributed by atoms with van der Waals surface area (Å²) in [7, 11) is 0. The van der Waals surface area contributed by atoms with Crippen LogP contribution < -0.4 is 0 Å². The molecule has 0 heterocycles. The molecular weight excluding hydrogens is 164 g/mol. The van der Waals surface area contributed by atoms with Crippen molar-refractivity contribution < 1.29 is 9.90 Å². The average Bonchev–Trinajstić information content (AvgIpc) is 2.00. The molecule has 0 rings (SSSR count). The van der Waals surface area contributed by atoms with Gasteiger partial charge in [0.05, 0.1) is 6.42 Å². The third-order valence-electron chi connectivity index (χ3n) is 1.98. The van der Waals surface area contributed by atoms with E-state index in [1.807, 2.05) is 13.0 Å². The summed E-state index contributed by atoms with van der Waals surface area (Å²) in [6.07, 6.45) is 5.39. The van der Waals surface area contributed by atoms with E-state index in [4.69, 9.17) is 5.11 Å². The summed E-state index contributed by atoms with van der Waals surface area (Å²) in [6, 6.07) is 0. The van der Waals surface area contributed by atoms with E-state index in [0.717, 1.165) is 12.3 Å². The van der Waals surface area contributed by atoms with Gasteiger partial charge in [-0.1, -0.05) is 31.9 Å². The fourth-order valence-corrected chi connectivity index (χ4v) is 1.15. The molecule has 0 amide bonds. The quantitative estimate of drug-likeness (QED) is 0.643. The molecule has 0 radical (unpaired) electrons. The van der Waals surface area contributed by atoms with Crippen LogP contribution in [0.5, 0.6) is 0 Å². The second-order valence-corrected chi connectivity index (χ2v) is 3.93. The van der Waals surface area contributed by atoms with Crippen LogP contribution in [0.15, 0.2) is 11.6 Å². The highest BCUT2D eigenvalue weighted by Crippen LogP contribution is 2.11. The molecular formula is C11H20O2. The molecule has 0 saturated carbocycles. The molecule has 0 aliphatic carbocycles. The molecule has 2 nitrogen and oxygen atoms in total. The van der Waals surface area contributed by atoms with Crippen molar-refractivity contribution in [1.29, 1.82) is 0 Å². The molecule has 0 aromatic rings. The van der Waals surface area contributed by atoms with Crippen LogP contribution in [0, 0.1) is 5.92 Å². The molecule has 0 aliphatic heterocycles. The van der Waals surface area contributed by atoms with Crippen LogP contribution >= 0.6 is 0 Å². The lowest BCUT2D eigenvalue weighted by atomic mass is 10.0. The summed E-state index contributed by atoms with van der Waals surface area (Å²) in [5.41, 5.74) is 1.20. The maximum atomic E-state index is 10.2. The van der Waals surface area contributed by atoms with Crippen molar-refractivity contribution in [2.24, 2.45) is 5.92 Å². The van der Waals surface area contributed by atoms with E-state index in [2.05, 4.69) is 13.8 Å². The number of aliphatic carboxylic acids is 1. The molecule has 0 bridgehead atoms. The third kappa shape index (κ3) is 9.12. The van der Waals surface area contributed by atoms with E-state index in [9.17, 15) is 4.79 Å². The molecule has 0 saturated heterocycles. The lowest BCUT2D eigenvalue weighted by molar-refractivity contribution is -0.136. The van der Waals surface area contributed by atoms with Crippen molar-refractivity contribution >= 4 is 5.97 Å². The van der Waals surface area contributed by atoms with Gasteiger partial charge in [0.15, 0.2) is 0 Å². The molecule has 0 aromatic carbocycles. The number of carbonyl (C=O) groups is 1. The molecule has 0 fully saturated rings. The van der Waals surface area contributed by atoms with Gasteiger partial charge in [0.2, 0.25) is 0 Å². The van der Waals surface area contributed by atoms with Crippen LogP contribution in [0.4, 0.5) is 0 Å². The Morgan fingerprint density at radius 3 is 2.54 bits per heavy atom. The average molecular weight is 184 g/mol. The zero-order chi connectivity index (χ0) is 10.3.